The first-order valence-electron chi connectivity index (χ1n) is 10.8. The Kier molecular flexibility index (Phi) is 6.48. The molecule has 180 valence electrons. The molecule has 0 fully saturated rings. The largest absolute Gasteiger partial charge is 0.373 e. The molecule has 0 unspecified atom stereocenters. The lowest BCUT2D eigenvalue weighted by Gasteiger charge is -2.22. The first kappa shape index (κ1) is 23.6. The molecule has 11 heteroatoms. The van der Waals surface area contributed by atoms with Gasteiger partial charge in [0.05, 0.1) is 38.6 Å². The van der Waals surface area contributed by atoms with Gasteiger partial charge in [0.1, 0.15) is 11.9 Å². The SMILES string of the molecule is Cc1cncc([C@H](Nc2cc(Cl)c3ncc(C#N)c(Nc4ccc(F)c(Cl)c4)c3c2)C2=CNNN2)c1. The molecular formula is C25H19Cl2FN8. The number of hydrogen-bond acceptors (Lipinski definition) is 8. The number of pyridine rings is 2. The number of aryl methyl sites for hydroxylation is 1. The Hall–Kier alpha value is -4.10. The van der Waals surface area contributed by atoms with Crippen molar-refractivity contribution in [3.05, 3.63) is 99.4 Å². The van der Waals surface area contributed by atoms with E-state index in [0.717, 1.165) is 16.8 Å². The third-order valence-corrected chi connectivity index (χ3v) is 6.17. The smallest absolute Gasteiger partial charge is 0.141 e. The molecule has 0 aliphatic carbocycles. The number of aromatic nitrogens is 2. The number of fused-ring (bicyclic) bond motifs is 1. The number of halogens is 3. The van der Waals surface area contributed by atoms with Gasteiger partial charge in [0.2, 0.25) is 0 Å². The van der Waals surface area contributed by atoms with Crippen molar-refractivity contribution in [3.63, 3.8) is 0 Å². The average Bonchev–Trinajstić information content (AvgIpc) is 3.40. The number of hydrazine groups is 2. The molecule has 36 heavy (non-hydrogen) atoms. The summed E-state index contributed by atoms with van der Waals surface area (Å²) >= 11 is 12.6. The summed E-state index contributed by atoms with van der Waals surface area (Å²) in [4.78, 5) is 8.72. The minimum absolute atomic E-state index is 0.0357. The number of nitriles is 1. The summed E-state index contributed by atoms with van der Waals surface area (Å²) in [7, 11) is 0. The van der Waals surface area contributed by atoms with Crippen molar-refractivity contribution in [1.29, 1.82) is 5.26 Å². The van der Waals surface area contributed by atoms with Gasteiger partial charge in [-0.3, -0.25) is 9.97 Å². The number of benzene rings is 2. The van der Waals surface area contributed by atoms with E-state index in [1.807, 2.05) is 25.3 Å². The van der Waals surface area contributed by atoms with Crippen LogP contribution >= 0.6 is 23.2 Å². The number of hydrogen-bond donors (Lipinski definition) is 5. The van der Waals surface area contributed by atoms with Crippen LogP contribution in [0.25, 0.3) is 10.9 Å². The molecule has 4 aromatic rings. The summed E-state index contributed by atoms with van der Waals surface area (Å²) < 4.78 is 13.7. The Morgan fingerprint density at radius 3 is 2.61 bits per heavy atom. The van der Waals surface area contributed by atoms with Crippen molar-refractivity contribution < 1.29 is 4.39 Å². The van der Waals surface area contributed by atoms with E-state index < -0.39 is 5.82 Å². The van der Waals surface area contributed by atoms with Gasteiger partial charge in [-0.2, -0.15) is 10.8 Å². The second-order valence-electron chi connectivity index (χ2n) is 8.13. The molecule has 0 spiro atoms. The predicted molar refractivity (Wildman–Crippen MR) is 139 cm³/mol. The van der Waals surface area contributed by atoms with Gasteiger partial charge < -0.3 is 21.5 Å². The van der Waals surface area contributed by atoms with E-state index in [9.17, 15) is 9.65 Å². The van der Waals surface area contributed by atoms with Gasteiger partial charge in [0, 0.05) is 41.6 Å². The fourth-order valence-corrected chi connectivity index (χ4v) is 4.39. The number of rotatable bonds is 6. The summed E-state index contributed by atoms with van der Waals surface area (Å²) in [5, 5.41) is 17.4. The number of anilines is 3. The molecule has 8 nitrogen and oxygen atoms in total. The molecule has 0 bridgehead atoms. The molecule has 1 aliphatic heterocycles. The van der Waals surface area contributed by atoms with Gasteiger partial charge in [-0.15, -0.1) is 0 Å². The minimum atomic E-state index is -0.535. The molecule has 1 aliphatic rings. The van der Waals surface area contributed by atoms with Gasteiger partial charge in [0.15, 0.2) is 0 Å². The van der Waals surface area contributed by atoms with Crippen LogP contribution in [0.1, 0.15) is 22.7 Å². The van der Waals surface area contributed by atoms with E-state index in [4.69, 9.17) is 23.2 Å². The van der Waals surface area contributed by atoms with E-state index in [1.165, 1.54) is 24.4 Å². The molecule has 0 radical (unpaired) electrons. The monoisotopic (exact) mass is 520 g/mol. The topological polar surface area (TPSA) is 110 Å². The predicted octanol–water partition coefficient (Wildman–Crippen LogP) is 5.61. The summed E-state index contributed by atoms with van der Waals surface area (Å²) in [5.74, 6) is -0.535. The van der Waals surface area contributed by atoms with Crippen molar-refractivity contribution in [2.24, 2.45) is 0 Å². The van der Waals surface area contributed by atoms with Crippen LogP contribution in [0, 0.1) is 24.1 Å². The van der Waals surface area contributed by atoms with Crippen LogP contribution in [0.3, 0.4) is 0 Å². The third kappa shape index (κ3) is 4.70. The van der Waals surface area contributed by atoms with Crippen molar-refractivity contribution in [1.82, 2.24) is 26.4 Å². The lowest BCUT2D eigenvalue weighted by Crippen LogP contribution is -2.34. The first-order chi connectivity index (χ1) is 17.4. The summed E-state index contributed by atoms with van der Waals surface area (Å²) in [6.07, 6.45) is 6.83. The van der Waals surface area contributed by atoms with E-state index >= 15 is 0 Å². The first-order valence-corrected chi connectivity index (χ1v) is 11.6. The van der Waals surface area contributed by atoms with Crippen LogP contribution in [0.4, 0.5) is 21.5 Å². The van der Waals surface area contributed by atoms with Crippen molar-refractivity contribution in [2.45, 2.75) is 13.0 Å². The zero-order valence-electron chi connectivity index (χ0n) is 18.8. The number of nitrogens with zero attached hydrogens (tertiary/aromatic N) is 3. The highest BCUT2D eigenvalue weighted by molar-refractivity contribution is 6.36. The van der Waals surface area contributed by atoms with Gasteiger partial charge in [-0.25, -0.2) is 4.39 Å². The second kappa shape index (κ2) is 9.87. The molecule has 2 aromatic carbocycles. The molecule has 0 amide bonds. The summed E-state index contributed by atoms with van der Waals surface area (Å²) in [5.41, 5.74) is 14.1. The molecular weight excluding hydrogens is 502 g/mol. The zero-order chi connectivity index (χ0) is 25.2. The molecule has 3 heterocycles. The summed E-state index contributed by atoms with van der Waals surface area (Å²) in [6.45, 7) is 1.97. The van der Waals surface area contributed by atoms with Crippen LogP contribution in [-0.2, 0) is 0 Å². The second-order valence-corrected chi connectivity index (χ2v) is 8.95. The fourth-order valence-electron chi connectivity index (χ4n) is 3.94. The van der Waals surface area contributed by atoms with Gasteiger partial charge >= 0.3 is 0 Å². The molecule has 5 N–H and O–H groups in total. The summed E-state index contributed by atoms with van der Waals surface area (Å²) in [6, 6.07) is 11.8. The van der Waals surface area contributed by atoms with Gasteiger partial charge in [-0.1, -0.05) is 29.3 Å². The standard InChI is InChI=1S/C25H19Cl2FN8/c1-13-4-14(10-30-9-13)24(22-12-32-36-35-22)34-17-5-18-23(33-16-2-3-21(28)19(26)6-16)15(8-29)11-31-25(18)20(27)7-17/h2-7,9-12,24,32,34-36H,1H3,(H,31,33)/t24-/m0/s1. The highest BCUT2D eigenvalue weighted by Crippen LogP contribution is 2.37. The third-order valence-electron chi connectivity index (χ3n) is 5.59. The molecule has 2 aromatic heterocycles. The zero-order valence-corrected chi connectivity index (χ0v) is 20.3. The van der Waals surface area contributed by atoms with E-state index in [0.29, 0.717) is 38.6 Å². The van der Waals surface area contributed by atoms with Crippen LogP contribution < -0.4 is 27.0 Å². The normalized spacial score (nSPS) is 13.4. The van der Waals surface area contributed by atoms with Crippen LogP contribution in [0.5, 0.6) is 0 Å². The Morgan fingerprint density at radius 2 is 1.89 bits per heavy atom. The quantitative estimate of drug-likeness (QED) is 0.223. The maximum Gasteiger partial charge on any atom is 0.141 e. The highest BCUT2D eigenvalue weighted by Gasteiger charge is 2.21. The Bertz CT molecular complexity index is 1550. The van der Waals surface area contributed by atoms with Gasteiger partial charge in [0.25, 0.3) is 0 Å². The maximum absolute atomic E-state index is 13.7. The van der Waals surface area contributed by atoms with Crippen LogP contribution in [-0.4, -0.2) is 9.97 Å². The fraction of sp³-hybridized carbons (Fsp3) is 0.0800. The van der Waals surface area contributed by atoms with Crippen LogP contribution in [0.15, 0.2) is 66.9 Å². The average molecular weight is 521 g/mol. The Balaban J connectivity index is 1.60. The maximum atomic E-state index is 13.7. The van der Waals surface area contributed by atoms with Crippen molar-refractivity contribution in [3.8, 4) is 6.07 Å². The minimum Gasteiger partial charge on any atom is -0.373 e. The molecule has 5 rings (SSSR count). The molecule has 0 saturated carbocycles. The lowest BCUT2D eigenvalue weighted by molar-refractivity contribution is 0.583. The Morgan fingerprint density at radius 1 is 1.06 bits per heavy atom. The molecule has 1 atom stereocenters. The van der Waals surface area contributed by atoms with Crippen molar-refractivity contribution in [2.75, 3.05) is 10.6 Å². The van der Waals surface area contributed by atoms with E-state index in [1.54, 1.807) is 18.5 Å². The number of nitrogens with one attached hydrogen (secondary N) is 5. The van der Waals surface area contributed by atoms with Gasteiger partial charge in [-0.05, 0) is 48.4 Å². The van der Waals surface area contributed by atoms with Crippen LogP contribution in [0.2, 0.25) is 10.0 Å². The Labute approximate surface area is 216 Å². The van der Waals surface area contributed by atoms with E-state index in [2.05, 4.69) is 43.1 Å². The molecule has 0 saturated heterocycles. The lowest BCUT2D eigenvalue weighted by atomic mass is 10.0. The van der Waals surface area contributed by atoms with E-state index in [-0.39, 0.29) is 11.1 Å². The highest BCUT2D eigenvalue weighted by atomic mass is 35.5. The van der Waals surface area contributed by atoms with Crippen molar-refractivity contribution >= 4 is 51.2 Å².